The minimum atomic E-state index is -1.47. The van der Waals surface area contributed by atoms with Gasteiger partial charge >= 0.3 is 0 Å². The Kier molecular flexibility index (Phi) is 5.59. The second-order valence-electron chi connectivity index (χ2n) is 9.29. The molecule has 5 aromatic carbocycles. The van der Waals surface area contributed by atoms with Crippen molar-refractivity contribution in [2.45, 2.75) is 0 Å². The van der Waals surface area contributed by atoms with E-state index in [-0.39, 0.29) is 5.75 Å². The van der Waals surface area contributed by atoms with Gasteiger partial charge in [0.15, 0.2) is 11.9 Å². The minimum absolute atomic E-state index is 0.268. The lowest BCUT2D eigenvalue weighted by molar-refractivity contribution is -0.567. The van der Waals surface area contributed by atoms with Crippen molar-refractivity contribution in [2.24, 2.45) is 0 Å². The third-order valence-corrected chi connectivity index (χ3v) is 7.34. The Bertz CT molecular complexity index is 1530. The molecule has 0 spiro atoms. The van der Waals surface area contributed by atoms with E-state index in [0.717, 1.165) is 16.6 Å². The SMILES string of the molecule is Oc1cccc2ccc[n+](-c3cccc([B-](c4ccccc4)(c4ccccc4)c4ccccc4)c3)c12. The summed E-state index contributed by atoms with van der Waals surface area (Å²) in [7, 11) is 0. The lowest BCUT2D eigenvalue weighted by atomic mass is 9.13. The van der Waals surface area contributed by atoms with Crippen LogP contribution in [0.3, 0.4) is 0 Å². The fourth-order valence-corrected chi connectivity index (χ4v) is 5.79. The molecule has 6 aromatic rings. The van der Waals surface area contributed by atoms with Crippen LogP contribution in [0.1, 0.15) is 0 Å². The first-order chi connectivity index (χ1) is 17.8. The van der Waals surface area contributed by atoms with E-state index in [1.54, 1.807) is 6.07 Å². The number of rotatable bonds is 5. The molecular formula is C33H26BNO. The van der Waals surface area contributed by atoms with Gasteiger partial charge in [-0.25, -0.2) is 0 Å². The van der Waals surface area contributed by atoms with E-state index < -0.39 is 6.15 Å². The van der Waals surface area contributed by atoms with Crippen molar-refractivity contribution < 1.29 is 9.67 Å². The van der Waals surface area contributed by atoms with Gasteiger partial charge in [-0.1, -0.05) is 109 Å². The molecule has 0 aliphatic carbocycles. The van der Waals surface area contributed by atoms with E-state index in [2.05, 4.69) is 120 Å². The molecule has 1 aromatic heterocycles. The van der Waals surface area contributed by atoms with Crippen LogP contribution >= 0.6 is 0 Å². The maximum absolute atomic E-state index is 10.8. The summed E-state index contributed by atoms with van der Waals surface area (Å²) in [5.74, 6) is 0.268. The van der Waals surface area contributed by atoms with E-state index in [1.165, 1.54) is 21.9 Å². The molecule has 0 radical (unpaired) electrons. The summed E-state index contributed by atoms with van der Waals surface area (Å²) in [6.07, 6.45) is 0.551. The normalized spacial score (nSPS) is 11.4. The largest absolute Gasteiger partial charge is 0.502 e. The first kappa shape index (κ1) is 21.9. The van der Waals surface area contributed by atoms with Crippen LogP contribution in [0.25, 0.3) is 16.6 Å². The summed E-state index contributed by atoms with van der Waals surface area (Å²) < 4.78 is 2.08. The summed E-state index contributed by atoms with van der Waals surface area (Å²) >= 11 is 0. The monoisotopic (exact) mass is 463 g/mol. The van der Waals surface area contributed by atoms with E-state index in [4.69, 9.17) is 0 Å². The highest BCUT2D eigenvalue weighted by atomic mass is 16.3. The van der Waals surface area contributed by atoms with Crippen LogP contribution in [0.5, 0.6) is 5.75 Å². The average molecular weight is 463 g/mol. The van der Waals surface area contributed by atoms with Gasteiger partial charge < -0.3 is 5.11 Å². The Hall–Kier alpha value is -4.63. The fraction of sp³-hybridized carbons (Fsp3) is 0. The molecule has 6 rings (SSSR count). The zero-order valence-electron chi connectivity index (χ0n) is 19.9. The second-order valence-corrected chi connectivity index (χ2v) is 9.29. The second kappa shape index (κ2) is 9.20. The van der Waals surface area contributed by atoms with Crippen molar-refractivity contribution in [3.8, 4) is 11.4 Å². The quantitative estimate of drug-likeness (QED) is 0.301. The van der Waals surface area contributed by atoms with Gasteiger partial charge in [0.25, 0.3) is 5.52 Å². The van der Waals surface area contributed by atoms with Gasteiger partial charge in [-0.2, -0.15) is 26.4 Å². The van der Waals surface area contributed by atoms with Crippen molar-refractivity contribution >= 4 is 38.9 Å². The first-order valence-corrected chi connectivity index (χ1v) is 12.3. The van der Waals surface area contributed by atoms with Gasteiger partial charge in [0.2, 0.25) is 5.69 Å². The van der Waals surface area contributed by atoms with Crippen LogP contribution in [0.4, 0.5) is 0 Å². The molecule has 0 aliphatic rings. The topological polar surface area (TPSA) is 24.1 Å². The molecular weight excluding hydrogens is 437 g/mol. The lowest BCUT2D eigenvalue weighted by Gasteiger charge is -2.44. The molecule has 1 heterocycles. The van der Waals surface area contributed by atoms with Crippen LogP contribution < -0.4 is 26.4 Å². The fourth-order valence-electron chi connectivity index (χ4n) is 5.79. The molecule has 2 nitrogen and oxygen atoms in total. The van der Waals surface area contributed by atoms with Crippen molar-refractivity contribution in [2.75, 3.05) is 0 Å². The minimum Gasteiger partial charge on any atom is -0.502 e. The van der Waals surface area contributed by atoms with Crippen molar-refractivity contribution in [1.29, 1.82) is 0 Å². The molecule has 0 fully saturated rings. The molecule has 0 amide bonds. The van der Waals surface area contributed by atoms with Gasteiger partial charge in [-0.3, -0.25) is 0 Å². The molecule has 172 valence electrons. The number of hydrogen-bond donors (Lipinski definition) is 1. The third-order valence-electron chi connectivity index (χ3n) is 7.34. The van der Waals surface area contributed by atoms with E-state index in [9.17, 15) is 5.11 Å². The number of para-hydroxylation sites is 1. The first-order valence-electron chi connectivity index (χ1n) is 12.3. The molecule has 3 heteroatoms. The lowest BCUT2D eigenvalue weighted by Crippen LogP contribution is -2.74. The Labute approximate surface area is 211 Å². The number of phenols is 1. The summed E-state index contributed by atoms with van der Waals surface area (Å²) in [5, 5.41) is 11.8. The van der Waals surface area contributed by atoms with Crippen LogP contribution in [0.15, 0.2) is 152 Å². The molecule has 0 saturated carbocycles. The predicted molar refractivity (Wildman–Crippen MR) is 151 cm³/mol. The number of benzene rings is 5. The Morgan fingerprint density at radius 2 is 0.972 bits per heavy atom. The van der Waals surface area contributed by atoms with E-state index in [1.807, 2.05) is 30.5 Å². The van der Waals surface area contributed by atoms with Gasteiger partial charge in [0.1, 0.15) is 6.15 Å². The molecule has 0 saturated heterocycles. The van der Waals surface area contributed by atoms with Crippen molar-refractivity contribution in [3.05, 3.63) is 152 Å². The number of hydrogen-bond acceptors (Lipinski definition) is 1. The standard InChI is InChI=1S/C33H26BNO/c36-32-23-10-13-26-14-12-24-35(33(26)32)31-22-11-21-30(25-31)34(27-15-4-1-5-16-27,28-17-6-2-7-18-28)29-19-8-3-9-20-29/h1-25,36H. The van der Waals surface area contributed by atoms with E-state index in [0.29, 0.717) is 0 Å². The van der Waals surface area contributed by atoms with Crippen LogP contribution in [0, 0.1) is 0 Å². The summed E-state index contributed by atoms with van der Waals surface area (Å²) in [6.45, 7) is 0. The number of aromatic nitrogens is 1. The molecule has 0 atom stereocenters. The maximum atomic E-state index is 10.8. The number of aromatic hydroxyl groups is 1. The van der Waals surface area contributed by atoms with Gasteiger partial charge in [0.05, 0.1) is 5.39 Å². The number of fused-ring (bicyclic) bond motifs is 1. The molecule has 36 heavy (non-hydrogen) atoms. The molecule has 0 aliphatic heterocycles. The van der Waals surface area contributed by atoms with E-state index >= 15 is 0 Å². The van der Waals surface area contributed by atoms with Crippen LogP contribution in [-0.4, -0.2) is 11.3 Å². The molecule has 0 bridgehead atoms. The Morgan fingerprint density at radius 3 is 1.56 bits per heavy atom. The van der Waals surface area contributed by atoms with Gasteiger partial charge in [-0.05, 0) is 24.3 Å². The number of phenolic OH excluding ortho intramolecular Hbond substituents is 1. The predicted octanol–water partition coefficient (Wildman–Crippen LogP) is 4.20. The highest BCUT2D eigenvalue weighted by Gasteiger charge is 2.32. The molecule has 1 N–H and O–H groups in total. The number of pyridine rings is 1. The van der Waals surface area contributed by atoms with Crippen LogP contribution in [0.2, 0.25) is 0 Å². The maximum Gasteiger partial charge on any atom is 0.260 e. The van der Waals surface area contributed by atoms with Gasteiger partial charge in [-0.15, -0.1) is 0 Å². The molecule has 0 unspecified atom stereocenters. The summed E-state index contributed by atoms with van der Waals surface area (Å²) in [4.78, 5) is 0. The Morgan fingerprint density at radius 1 is 0.472 bits per heavy atom. The van der Waals surface area contributed by atoms with Gasteiger partial charge in [0, 0.05) is 12.1 Å². The zero-order valence-corrected chi connectivity index (χ0v) is 19.9. The third kappa shape index (κ3) is 3.57. The Balaban J connectivity index is 1.69. The highest BCUT2D eigenvalue weighted by Crippen LogP contribution is 2.21. The van der Waals surface area contributed by atoms with Crippen LogP contribution in [-0.2, 0) is 0 Å². The zero-order chi connectivity index (χ0) is 24.4. The highest BCUT2D eigenvalue weighted by molar-refractivity contribution is 7.19. The summed E-state index contributed by atoms with van der Waals surface area (Å²) in [6, 6.07) is 50.9. The average Bonchev–Trinajstić information content (AvgIpc) is 2.95. The number of nitrogens with zero attached hydrogens (tertiary/aromatic N) is 1. The van der Waals surface area contributed by atoms with Crippen molar-refractivity contribution in [1.82, 2.24) is 0 Å². The van der Waals surface area contributed by atoms with Crippen molar-refractivity contribution in [3.63, 3.8) is 0 Å². The smallest absolute Gasteiger partial charge is 0.260 e. The summed E-state index contributed by atoms with van der Waals surface area (Å²) in [5.41, 5.74) is 6.81.